The summed E-state index contributed by atoms with van der Waals surface area (Å²) in [4.78, 5) is 16.6. The highest BCUT2D eigenvalue weighted by molar-refractivity contribution is 14.0. The number of benzene rings is 1. The van der Waals surface area contributed by atoms with E-state index in [0.717, 1.165) is 42.6 Å². The van der Waals surface area contributed by atoms with Gasteiger partial charge in [0.05, 0.1) is 13.2 Å². The van der Waals surface area contributed by atoms with Crippen molar-refractivity contribution in [3.8, 4) is 11.5 Å². The topological polar surface area (TPSA) is 93.2 Å². The van der Waals surface area contributed by atoms with E-state index >= 15 is 0 Å². The summed E-state index contributed by atoms with van der Waals surface area (Å²) in [6, 6.07) is 5.90. The summed E-state index contributed by atoms with van der Waals surface area (Å²) in [5.41, 5.74) is 0.854. The molecular weight excluding hydrogens is 523 g/mol. The number of nitrogens with zero attached hydrogens (tertiary/aromatic N) is 1. The van der Waals surface area contributed by atoms with Crippen molar-refractivity contribution >= 4 is 41.5 Å². The summed E-state index contributed by atoms with van der Waals surface area (Å²) in [5, 5.41) is 9.46. The third-order valence-corrected chi connectivity index (χ3v) is 4.87. The van der Waals surface area contributed by atoms with E-state index in [1.807, 2.05) is 32.0 Å². The number of halogens is 1. The van der Waals surface area contributed by atoms with Crippen LogP contribution >= 0.6 is 24.0 Å². The van der Waals surface area contributed by atoms with Gasteiger partial charge in [0.15, 0.2) is 17.5 Å². The molecule has 0 saturated heterocycles. The maximum atomic E-state index is 11.9. The van der Waals surface area contributed by atoms with E-state index < -0.39 is 0 Å². The van der Waals surface area contributed by atoms with Gasteiger partial charge in [-0.1, -0.05) is 0 Å². The van der Waals surface area contributed by atoms with Gasteiger partial charge in [-0.05, 0) is 51.2 Å². The van der Waals surface area contributed by atoms with E-state index in [0.29, 0.717) is 45.3 Å². The minimum atomic E-state index is 0. The van der Waals surface area contributed by atoms with Gasteiger partial charge in [0.1, 0.15) is 0 Å². The molecule has 3 N–H and O–H groups in total. The molecule has 0 spiro atoms. The second kappa shape index (κ2) is 14.4. The molecule has 0 atom stereocenters. The minimum absolute atomic E-state index is 0. The van der Waals surface area contributed by atoms with Crippen molar-refractivity contribution in [3.05, 3.63) is 18.2 Å². The van der Waals surface area contributed by atoms with E-state index in [9.17, 15) is 4.79 Å². The van der Waals surface area contributed by atoms with Gasteiger partial charge < -0.3 is 30.2 Å². The normalized spacial score (nSPS) is 15.5. The van der Waals surface area contributed by atoms with Gasteiger partial charge in [0.25, 0.3) is 0 Å². The lowest BCUT2D eigenvalue weighted by Crippen LogP contribution is -2.36. The Morgan fingerprint density at radius 3 is 2.75 bits per heavy atom. The third-order valence-electron chi connectivity index (χ3n) is 4.87. The van der Waals surface area contributed by atoms with Gasteiger partial charge in [-0.3, -0.25) is 9.79 Å². The number of anilines is 1. The first-order valence-electron chi connectivity index (χ1n) is 11.4. The number of nitrogens with one attached hydrogen (secondary N) is 3. The molecule has 1 heterocycles. The second-order valence-corrected chi connectivity index (χ2v) is 8.34. The van der Waals surface area contributed by atoms with Gasteiger partial charge in [0.2, 0.25) is 5.91 Å². The first-order chi connectivity index (χ1) is 15.1. The molecule has 0 unspecified atom stereocenters. The van der Waals surface area contributed by atoms with Gasteiger partial charge in [0, 0.05) is 56.9 Å². The zero-order valence-corrected chi connectivity index (χ0v) is 21.5. The fourth-order valence-corrected chi connectivity index (χ4v) is 3.10. The summed E-state index contributed by atoms with van der Waals surface area (Å²) in [7, 11) is 0. The lowest BCUT2D eigenvalue weighted by Gasteiger charge is -2.15. The van der Waals surface area contributed by atoms with Crippen LogP contribution in [0.3, 0.4) is 0 Å². The van der Waals surface area contributed by atoms with Crippen LogP contribution in [0.2, 0.25) is 0 Å². The predicted molar refractivity (Wildman–Crippen MR) is 137 cm³/mol. The van der Waals surface area contributed by atoms with Crippen molar-refractivity contribution < 1.29 is 19.0 Å². The van der Waals surface area contributed by atoms with Crippen molar-refractivity contribution in [2.75, 3.05) is 44.8 Å². The molecule has 1 aromatic carbocycles. The molecule has 8 nitrogen and oxygen atoms in total. The number of rotatable bonds is 11. The van der Waals surface area contributed by atoms with Crippen LogP contribution in [0.4, 0.5) is 5.69 Å². The van der Waals surface area contributed by atoms with Gasteiger partial charge >= 0.3 is 0 Å². The number of aliphatic imine (C=N–C) groups is 1. The zero-order chi connectivity index (χ0) is 21.9. The lowest BCUT2D eigenvalue weighted by molar-refractivity contribution is -0.121. The largest absolute Gasteiger partial charge is 0.490 e. The standard InChI is InChI=1S/C23H36N4O4.HI/c1-17(2)26-22(28)9-11-25-23(24-10-3-12-29-16-18-5-6-18)27-19-7-8-20-21(15-19)31-14-4-13-30-20;/h7-8,15,17-18H,3-6,9-14,16H2,1-2H3,(H,26,28)(H2,24,25,27);1H. The summed E-state index contributed by atoms with van der Waals surface area (Å²) < 4.78 is 17.2. The predicted octanol–water partition coefficient (Wildman–Crippen LogP) is 3.55. The molecule has 1 fully saturated rings. The van der Waals surface area contributed by atoms with Crippen LogP contribution in [0.25, 0.3) is 0 Å². The fraction of sp³-hybridized carbons (Fsp3) is 0.652. The molecule has 1 aromatic rings. The van der Waals surface area contributed by atoms with Gasteiger partial charge in [-0.2, -0.15) is 0 Å². The van der Waals surface area contributed by atoms with E-state index in [1.54, 1.807) is 0 Å². The third kappa shape index (κ3) is 10.2. The highest BCUT2D eigenvalue weighted by Gasteiger charge is 2.20. The number of carbonyl (C=O) groups is 1. The number of amides is 1. The van der Waals surface area contributed by atoms with Gasteiger partial charge in [-0.15, -0.1) is 24.0 Å². The van der Waals surface area contributed by atoms with Gasteiger partial charge in [-0.25, -0.2) is 0 Å². The molecule has 0 radical (unpaired) electrons. The maximum absolute atomic E-state index is 11.9. The van der Waals surface area contributed by atoms with E-state index in [1.165, 1.54) is 12.8 Å². The van der Waals surface area contributed by atoms with Crippen molar-refractivity contribution in [2.45, 2.75) is 52.0 Å². The van der Waals surface area contributed by atoms with Crippen LogP contribution in [0.1, 0.15) is 46.0 Å². The summed E-state index contributed by atoms with van der Waals surface area (Å²) in [5.74, 6) is 2.91. The Kier molecular flexibility index (Phi) is 11.9. The molecule has 180 valence electrons. The van der Waals surface area contributed by atoms with E-state index in [2.05, 4.69) is 20.9 Å². The number of hydrogen-bond acceptors (Lipinski definition) is 5. The monoisotopic (exact) mass is 560 g/mol. The smallest absolute Gasteiger partial charge is 0.221 e. The molecule has 3 rings (SSSR count). The average Bonchev–Trinajstić information content (AvgIpc) is 3.56. The lowest BCUT2D eigenvalue weighted by atomic mass is 10.2. The van der Waals surface area contributed by atoms with Crippen LogP contribution in [0.15, 0.2) is 23.2 Å². The van der Waals surface area contributed by atoms with Crippen LogP contribution in [-0.4, -0.2) is 57.4 Å². The van der Waals surface area contributed by atoms with Crippen LogP contribution in [0.5, 0.6) is 11.5 Å². The van der Waals surface area contributed by atoms with Crippen molar-refractivity contribution in [1.29, 1.82) is 0 Å². The number of hydrogen-bond donors (Lipinski definition) is 3. The van der Waals surface area contributed by atoms with E-state index in [4.69, 9.17) is 14.2 Å². The second-order valence-electron chi connectivity index (χ2n) is 8.34. The number of fused-ring (bicyclic) bond motifs is 1. The van der Waals surface area contributed by atoms with Crippen LogP contribution in [-0.2, 0) is 9.53 Å². The van der Waals surface area contributed by atoms with Crippen LogP contribution < -0.4 is 25.4 Å². The molecule has 32 heavy (non-hydrogen) atoms. The Balaban J connectivity index is 0.00000363. The Bertz CT molecular complexity index is 741. The fourth-order valence-electron chi connectivity index (χ4n) is 3.10. The molecule has 1 amide bonds. The minimum Gasteiger partial charge on any atom is -0.490 e. The quantitative estimate of drug-likeness (QED) is 0.166. The SMILES string of the molecule is CC(C)NC(=O)CCNC(=NCCCOCC1CC1)Nc1ccc2c(c1)OCCCO2.I. The summed E-state index contributed by atoms with van der Waals surface area (Å²) in [6.07, 6.45) is 4.71. The summed E-state index contributed by atoms with van der Waals surface area (Å²) in [6.45, 7) is 7.93. The number of carbonyl (C=O) groups excluding carboxylic acids is 1. The first-order valence-corrected chi connectivity index (χ1v) is 11.4. The molecule has 0 aromatic heterocycles. The van der Waals surface area contributed by atoms with Crippen molar-refractivity contribution in [1.82, 2.24) is 10.6 Å². The number of ether oxygens (including phenoxy) is 3. The molecule has 0 bridgehead atoms. The van der Waals surface area contributed by atoms with Crippen molar-refractivity contribution in [3.63, 3.8) is 0 Å². The zero-order valence-electron chi connectivity index (χ0n) is 19.2. The maximum Gasteiger partial charge on any atom is 0.221 e. The highest BCUT2D eigenvalue weighted by Crippen LogP contribution is 2.32. The first kappa shape index (κ1) is 26.5. The molecule has 2 aliphatic rings. The Labute approximate surface area is 208 Å². The molecular formula is C23H37IN4O4. The van der Waals surface area contributed by atoms with Crippen LogP contribution in [0, 0.1) is 5.92 Å². The number of guanidine groups is 1. The Hall–Kier alpha value is -1.75. The van der Waals surface area contributed by atoms with E-state index in [-0.39, 0.29) is 35.9 Å². The van der Waals surface area contributed by atoms with Crippen molar-refractivity contribution in [2.24, 2.45) is 10.9 Å². The molecule has 1 aliphatic heterocycles. The average molecular weight is 560 g/mol. The molecule has 1 aliphatic carbocycles. The highest BCUT2D eigenvalue weighted by atomic mass is 127. The Morgan fingerprint density at radius 2 is 2.00 bits per heavy atom. The molecule has 1 saturated carbocycles. The Morgan fingerprint density at radius 1 is 1.22 bits per heavy atom. The molecule has 9 heteroatoms. The summed E-state index contributed by atoms with van der Waals surface area (Å²) >= 11 is 0.